The zero-order valence-electron chi connectivity index (χ0n) is 15.7. The summed E-state index contributed by atoms with van der Waals surface area (Å²) in [6.45, 7) is 11.7. The summed E-state index contributed by atoms with van der Waals surface area (Å²) in [6.07, 6.45) is 3.04. The molecule has 0 saturated carbocycles. The summed E-state index contributed by atoms with van der Waals surface area (Å²) in [7, 11) is 0. The quantitative estimate of drug-likeness (QED) is 0.843. The lowest BCUT2D eigenvalue weighted by molar-refractivity contribution is 0.140. The van der Waals surface area contributed by atoms with Gasteiger partial charge in [-0.2, -0.15) is 5.10 Å². The zero-order valence-corrected chi connectivity index (χ0v) is 15.7. The molecule has 1 atom stereocenters. The maximum atomic E-state index is 6.17. The number of hydrogen-bond donors (Lipinski definition) is 2. The molecule has 1 saturated heterocycles. The number of aromatic amines is 1. The van der Waals surface area contributed by atoms with E-state index in [-0.39, 0.29) is 11.5 Å². The molecule has 1 aliphatic rings. The highest BCUT2D eigenvalue weighted by Gasteiger charge is 2.20. The Bertz CT molecular complexity index is 697. The van der Waals surface area contributed by atoms with Crippen LogP contribution in [0.3, 0.4) is 0 Å². The molecule has 1 fully saturated rings. The van der Waals surface area contributed by atoms with Crippen molar-refractivity contribution in [3.8, 4) is 5.75 Å². The molecule has 1 aromatic heterocycles. The molecule has 0 spiro atoms. The topological polar surface area (TPSA) is 59.2 Å². The first-order valence-electron chi connectivity index (χ1n) is 9.01. The maximum absolute atomic E-state index is 6.17. The van der Waals surface area contributed by atoms with E-state index < -0.39 is 0 Å². The Morgan fingerprint density at radius 1 is 1.28 bits per heavy atom. The average Bonchev–Trinajstić information content (AvgIpc) is 3.20. The summed E-state index contributed by atoms with van der Waals surface area (Å²) in [5.74, 6) is 0.964. The first-order valence-corrected chi connectivity index (χ1v) is 9.01. The van der Waals surface area contributed by atoms with Crippen molar-refractivity contribution in [2.75, 3.05) is 13.2 Å². The monoisotopic (exact) mass is 343 g/mol. The van der Waals surface area contributed by atoms with Crippen molar-refractivity contribution >= 4 is 0 Å². The van der Waals surface area contributed by atoms with Crippen molar-refractivity contribution in [1.82, 2.24) is 15.5 Å². The smallest absolute Gasteiger partial charge is 0.124 e. The minimum absolute atomic E-state index is 0.0636. The van der Waals surface area contributed by atoms with Gasteiger partial charge in [0.2, 0.25) is 0 Å². The summed E-state index contributed by atoms with van der Waals surface area (Å²) in [5, 5.41) is 10.9. The van der Waals surface area contributed by atoms with Gasteiger partial charge in [-0.1, -0.05) is 32.9 Å². The Hall–Kier alpha value is -1.85. The van der Waals surface area contributed by atoms with Gasteiger partial charge in [-0.25, -0.2) is 0 Å². The largest absolute Gasteiger partial charge is 0.488 e. The summed E-state index contributed by atoms with van der Waals surface area (Å²) in [4.78, 5) is 0. The van der Waals surface area contributed by atoms with E-state index in [2.05, 4.69) is 61.4 Å². The highest BCUT2D eigenvalue weighted by atomic mass is 16.5. The number of rotatable bonds is 6. The molecule has 2 N–H and O–H groups in total. The van der Waals surface area contributed by atoms with E-state index in [9.17, 15) is 0 Å². The SMILES string of the molecule is Cc1ccc(CNCc2cn[nH]c2C(C)(C)C)c(O[C@@H]2CCOC2)c1. The van der Waals surface area contributed by atoms with Gasteiger partial charge in [0.1, 0.15) is 11.9 Å². The highest BCUT2D eigenvalue weighted by Crippen LogP contribution is 2.25. The van der Waals surface area contributed by atoms with Gasteiger partial charge in [-0.05, 0) is 18.6 Å². The van der Waals surface area contributed by atoms with Crippen LogP contribution in [0.2, 0.25) is 0 Å². The van der Waals surface area contributed by atoms with Crippen LogP contribution in [-0.2, 0) is 23.2 Å². The standard InChI is InChI=1S/C20H29N3O2/c1-14-5-6-15(18(9-14)25-17-7-8-24-13-17)10-21-11-16-12-22-23-19(16)20(2,3)4/h5-6,9,12,17,21H,7-8,10-11,13H2,1-4H3,(H,22,23)/t17-/m1/s1. The second-order valence-electron chi connectivity index (χ2n) is 7.84. The fraction of sp³-hybridized carbons (Fsp3) is 0.550. The van der Waals surface area contributed by atoms with Gasteiger partial charge in [-0.15, -0.1) is 0 Å². The van der Waals surface area contributed by atoms with Crippen molar-refractivity contribution in [3.63, 3.8) is 0 Å². The van der Waals surface area contributed by atoms with E-state index in [4.69, 9.17) is 9.47 Å². The van der Waals surface area contributed by atoms with E-state index in [1.807, 2.05) is 6.20 Å². The lowest BCUT2D eigenvalue weighted by Gasteiger charge is -2.19. The molecule has 0 unspecified atom stereocenters. The van der Waals surface area contributed by atoms with Crippen LogP contribution in [0.25, 0.3) is 0 Å². The number of ether oxygens (including phenoxy) is 2. The van der Waals surface area contributed by atoms with Gasteiger partial charge >= 0.3 is 0 Å². The van der Waals surface area contributed by atoms with Gasteiger partial charge in [0.15, 0.2) is 0 Å². The molecular weight excluding hydrogens is 314 g/mol. The van der Waals surface area contributed by atoms with Crippen LogP contribution in [0, 0.1) is 6.92 Å². The average molecular weight is 343 g/mol. The lowest BCUT2D eigenvalue weighted by atomic mass is 9.89. The summed E-state index contributed by atoms with van der Waals surface area (Å²) < 4.78 is 11.6. The third kappa shape index (κ3) is 4.61. The third-order valence-corrected chi connectivity index (χ3v) is 4.50. The van der Waals surface area contributed by atoms with Gasteiger partial charge in [0.05, 0.1) is 19.4 Å². The Balaban J connectivity index is 1.64. The molecule has 2 aromatic rings. The first kappa shape index (κ1) is 18.0. The zero-order chi connectivity index (χ0) is 17.9. The van der Waals surface area contributed by atoms with Crippen molar-refractivity contribution in [2.45, 2.75) is 58.7 Å². The molecule has 1 aliphatic heterocycles. The lowest BCUT2D eigenvalue weighted by Crippen LogP contribution is -2.20. The van der Waals surface area contributed by atoms with Gasteiger partial charge in [0, 0.05) is 41.7 Å². The van der Waals surface area contributed by atoms with Crippen molar-refractivity contribution in [2.24, 2.45) is 0 Å². The van der Waals surface area contributed by atoms with E-state index in [1.54, 1.807) is 0 Å². The molecule has 3 rings (SSSR count). The van der Waals surface area contributed by atoms with Crippen LogP contribution < -0.4 is 10.1 Å². The molecule has 0 radical (unpaired) electrons. The van der Waals surface area contributed by atoms with Gasteiger partial charge in [-0.3, -0.25) is 5.10 Å². The van der Waals surface area contributed by atoms with Crippen LogP contribution in [-0.4, -0.2) is 29.5 Å². The number of benzene rings is 1. The number of nitrogens with zero attached hydrogens (tertiary/aromatic N) is 1. The Morgan fingerprint density at radius 3 is 2.80 bits per heavy atom. The van der Waals surface area contributed by atoms with Crippen LogP contribution in [0.4, 0.5) is 0 Å². The molecule has 0 aliphatic carbocycles. The molecule has 25 heavy (non-hydrogen) atoms. The van der Waals surface area contributed by atoms with E-state index >= 15 is 0 Å². The summed E-state index contributed by atoms with van der Waals surface area (Å²) >= 11 is 0. The minimum atomic E-state index is 0.0636. The number of aryl methyl sites for hydroxylation is 1. The predicted octanol–water partition coefficient (Wildman–Crippen LogP) is 3.47. The second-order valence-corrected chi connectivity index (χ2v) is 7.84. The predicted molar refractivity (Wildman–Crippen MR) is 98.9 cm³/mol. The van der Waals surface area contributed by atoms with Crippen molar-refractivity contribution < 1.29 is 9.47 Å². The fourth-order valence-corrected chi connectivity index (χ4v) is 3.13. The molecule has 1 aromatic carbocycles. The number of hydrogen-bond acceptors (Lipinski definition) is 4. The van der Waals surface area contributed by atoms with Crippen LogP contribution in [0.5, 0.6) is 5.75 Å². The summed E-state index contributed by atoms with van der Waals surface area (Å²) in [6, 6.07) is 6.40. The minimum Gasteiger partial charge on any atom is -0.488 e. The van der Waals surface area contributed by atoms with Gasteiger partial charge < -0.3 is 14.8 Å². The fourth-order valence-electron chi connectivity index (χ4n) is 3.13. The van der Waals surface area contributed by atoms with Crippen molar-refractivity contribution in [1.29, 1.82) is 0 Å². The maximum Gasteiger partial charge on any atom is 0.124 e. The molecule has 5 nitrogen and oxygen atoms in total. The number of nitrogens with one attached hydrogen (secondary N) is 2. The van der Waals surface area contributed by atoms with Gasteiger partial charge in [0.25, 0.3) is 0 Å². The Labute approximate surface area is 150 Å². The van der Waals surface area contributed by atoms with E-state index in [1.165, 1.54) is 22.4 Å². The molecular formula is C20H29N3O2. The first-order chi connectivity index (χ1) is 11.9. The van der Waals surface area contributed by atoms with E-state index in [0.717, 1.165) is 31.9 Å². The molecule has 5 heteroatoms. The molecule has 0 bridgehead atoms. The highest BCUT2D eigenvalue weighted by molar-refractivity contribution is 5.37. The van der Waals surface area contributed by atoms with Crippen LogP contribution in [0.15, 0.2) is 24.4 Å². The molecule has 2 heterocycles. The normalized spacial score (nSPS) is 17.8. The second kappa shape index (κ2) is 7.58. The summed E-state index contributed by atoms with van der Waals surface area (Å²) in [5.41, 5.74) is 4.85. The van der Waals surface area contributed by atoms with E-state index in [0.29, 0.717) is 6.61 Å². The number of aromatic nitrogens is 2. The Morgan fingerprint density at radius 2 is 2.08 bits per heavy atom. The van der Waals surface area contributed by atoms with Crippen molar-refractivity contribution in [3.05, 3.63) is 46.8 Å². The molecule has 0 amide bonds. The van der Waals surface area contributed by atoms with Crippen LogP contribution in [0.1, 0.15) is 49.6 Å². The molecule has 136 valence electrons. The Kier molecular flexibility index (Phi) is 5.45. The van der Waals surface area contributed by atoms with Crippen LogP contribution >= 0.6 is 0 Å². The number of H-pyrrole nitrogens is 1. The third-order valence-electron chi connectivity index (χ3n) is 4.50.